The Balaban J connectivity index is 0.943. The fraction of sp³-hybridized carbons (Fsp3) is 0. The number of aromatic nitrogens is 1. The van der Waals surface area contributed by atoms with Gasteiger partial charge in [-0.15, -0.1) is 22.7 Å². The molecule has 0 fully saturated rings. The van der Waals surface area contributed by atoms with Gasteiger partial charge < -0.3 is 4.57 Å². The van der Waals surface area contributed by atoms with Crippen LogP contribution in [-0.2, 0) is 0 Å². The van der Waals surface area contributed by atoms with Crippen molar-refractivity contribution in [3.05, 3.63) is 297 Å². The zero-order valence-electron chi connectivity index (χ0n) is 44.1. The van der Waals surface area contributed by atoms with Crippen molar-refractivity contribution < 1.29 is 0 Å². The summed E-state index contributed by atoms with van der Waals surface area (Å²) in [7, 11) is 0. The Kier molecular flexibility index (Phi) is 11.3. The third-order valence-corrected chi connectivity index (χ3v) is 18.9. The molecule has 0 atom stereocenters. The zero-order chi connectivity index (χ0) is 53.4. The average Bonchev–Trinajstić information content (AvgIpc) is 4.43. The highest BCUT2D eigenvalue weighted by Crippen LogP contribution is 2.51. The average molecular weight is 1060 g/mol. The monoisotopic (exact) mass is 1060 g/mol. The van der Waals surface area contributed by atoms with Crippen LogP contribution < -0.4 is 0 Å². The lowest BCUT2D eigenvalue weighted by molar-refractivity contribution is 1.18. The van der Waals surface area contributed by atoms with Gasteiger partial charge in [-0.05, 0) is 140 Å². The van der Waals surface area contributed by atoms with Gasteiger partial charge in [-0.2, -0.15) is 0 Å². The summed E-state index contributed by atoms with van der Waals surface area (Å²) in [4.78, 5) is 0. The Bertz CT molecular complexity index is 4740. The minimum Gasteiger partial charge on any atom is -0.309 e. The van der Waals surface area contributed by atoms with Gasteiger partial charge in [0.05, 0.1) is 11.0 Å². The Morgan fingerprint density at radius 1 is 0.185 bits per heavy atom. The summed E-state index contributed by atoms with van der Waals surface area (Å²) in [5.74, 6) is 0. The van der Waals surface area contributed by atoms with Gasteiger partial charge in [0.2, 0.25) is 0 Å². The van der Waals surface area contributed by atoms with Crippen LogP contribution in [0.15, 0.2) is 297 Å². The standard InChI is InChI=1S/C78H49NS2/c1-8-22-50(23-9-1)58-40-65(54-30-16-5-17-31-54)75-69(44-58)71-46-60(52-26-12-3-13-27-52)42-67(77(71)80-75)56-36-38-63-64-39-37-57(49-74(64)79(73(63)48-56)62-34-20-7-21-35-62)68-43-61(53-28-14-4-15-29-53)47-72-70-45-59(51-24-10-2-11-25-51)41-66(76(70)81-78(68)72)55-32-18-6-19-33-55/h1-49H. The molecule has 0 bridgehead atoms. The molecular formula is C78H49NS2. The Morgan fingerprint density at radius 3 is 0.741 bits per heavy atom. The van der Waals surface area contributed by atoms with Crippen LogP contribution in [0.3, 0.4) is 0 Å². The predicted octanol–water partition coefficient (Wildman–Crippen LogP) is 22.9. The molecule has 0 radical (unpaired) electrons. The van der Waals surface area contributed by atoms with Crippen molar-refractivity contribution in [3.63, 3.8) is 0 Å². The van der Waals surface area contributed by atoms with Gasteiger partial charge in [0, 0.05) is 79.1 Å². The number of hydrogen-bond acceptors (Lipinski definition) is 2. The predicted molar refractivity (Wildman–Crippen MR) is 350 cm³/mol. The summed E-state index contributed by atoms with van der Waals surface area (Å²) in [5, 5.41) is 7.54. The van der Waals surface area contributed by atoms with Gasteiger partial charge >= 0.3 is 0 Å². The molecule has 0 saturated heterocycles. The largest absolute Gasteiger partial charge is 0.309 e. The quantitative estimate of drug-likeness (QED) is 0.136. The zero-order valence-corrected chi connectivity index (χ0v) is 45.7. The van der Waals surface area contributed by atoms with E-state index in [4.69, 9.17) is 0 Å². The minimum absolute atomic E-state index is 1.13. The van der Waals surface area contributed by atoms with Gasteiger partial charge in [0.1, 0.15) is 0 Å². The summed E-state index contributed by atoms with van der Waals surface area (Å²) in [6.07, 6.45) is 0. The fourth-order valence-corrected chi connectivity index (χ4v) is 15.1. The lowest BCUT2D eigenvalue weighted by Crippen LogP contribution is -1.94. The summed E-state index contributed by atoms with van der Waals surface area (Å²) in [5.41, 5.74) is 22.9. The van der Waals surface area contributed by atoms with Gasteiger partial charge in [-0.3, -0.25) is 0 Å². The minimum atomic E-state index is 1.13. The van der Waals surface area contributed by atoms with E-state index in [9.17, 15) is 0 Å². The van der Waals surface area contributed by atoms with E-state index in [1.165, 1.54) is 151 Å². The molecule has 13 aromatic carbocycles. The molecule has 16 aromatic rings. The van der Waals surface area contributed by atoms with Crippen LogP contribution in [-0.4, -0.2) is 4.57 Å². The maximum Gasteiger partial charge on any atom is 0.0547 e. The first-order chi connectivity index (χ1) is 40.1. The van der Waals surface area contributed by atoms with Crippen molar-refractivity contribution in [3.8, 4) is 94.7 Å². The van der Waals surface area contributed by atoms with E-state index >= 15 is 0 Å². The highest BCUT2D eigenvalue weighted by molar-refractivity contribution is 7.27. The maximum atomic E-state index is 2.50. The van der Waals surface area contributed by atoms with Crippen LogP contribution in [0.25, 0.3) is 157 Å². The number of hydrogen-bond donors (Lipinski definition) is 0. The van der Waals surface area contributed by atoms with E-state index in [1.807, 2.05) is 22.7 Å². The molecule has 0 amide bonds. The molecule has 0 N–H and O–H groups in total. The molecule has 16 rings (SSSR count). The second kappa shape index (κ2) is 19.5. The molecule has 0 aliphatic heterocycles. The number of para-hydroxylation sites is 1. The van der Waals surface area contributed by atoms with Crippen LogP contribution in [0, 0.1) is 0 Å². The van der Waals surface area contributed by atoms with Gasteiger partial charge in [-0.25, -0.2) is 0 Å². The van der Waals surface area contributed by atoms with Crippen LogP contribution >= 0.6 is 22.7 Å². The van der Waals surface area contributed by atoms with Crippen molar-refractivity contribution >= 4 is 84.8 Å². The van der Waals surface area contributed by atoms with E-state index < -0.39 is 0 Å². The SMILES string of the molecule is c1ccc(-c2cc(-c3ccccc3)c3sc4c(-c5ccc6c7ccc(-c8cc(-c9ccccc9)cc9c8sc8c(-c%10ccccc%10)cc(-c%10ccccc%10)cc89)cc7n(-c7ccccc7)c6c5)cc(-c5ccccc5)cc4c3c2)cc1. The molecule has 0 aliphatic carbocycles. The van der Waals surface area contributed by atoms with Crippen LogP contribution in [0.5, 0.6) is 0 Å². The Hall–Kier alpha value is -9.90. The molecule has 0 saturated carbocycles. The second-order valence-electron chi connectivity index (χ2n) is 21.1. The lowest BCUT2D eigenvalue weighted by atomic mass is 9.92. The first-order valence-corrected chi connectivity index (χ1v) is 29.3. The molecule has 0 aliphatic rings. The van der Waals surface area contributed by atoms with Crippen molar-refractivity contribution in [1.82, 2.24) is 4.57 Å². The highest BCUT2D eigenvalue weighted by Gasteiger charge is 2.23. The molecule has 1 nitrogen and oxygen atoms in total. The fourth-order valence-electron chi connectivity index (χ4n) is 12.5. The topological polar surface area (TPSA) is 4.93 Å². The molecule has 3 heterocycles. The van der Waals surface area contributed by atoms with E-state index in [0.29, 0.717) is 0 Å². The summed E-state index contributed by atoms with van der Waals surface area (Å²) >= 11 is 3.84. The van der Waals surface area contributed by atoms with Gasteiger partial charge in [0.25, 0.3) is 0 Å². The van der Waals surface area contributed by atoms with E-state index in [0.717, 1.165) is 5.69 Å². The Morgan fingerprint density at radius 2 is 0.444 bits per heavy atom. The first kappa shape index (κ1) is 47.1. The van der Waals surface area contributed by atoms with Crippen LogP contribution in [0.4, 0.5) is 0 Å². The number of rotatable bonds is 9. The highest BCUT2D eigenvalue weighted by atomic mass is 32.1. The molecular weight excluding hydrogens is 1010 g/mol. The summed E-state index contributed by atoms with van der Waals surface area (Å²) < 4.78 is 7.67. The number of benzene rings is 13. The van der Waals surface area contributed by atoms with Gasteiger partial charge in [0.15, 0.2) is 0 Å². The van der Waals surface area contributed by atoms with Crippen LogP contribution in [0.1, 0.15) is 0 Å². The molecule has 378 valence electrons. The maximum absolute atomic E-state index is 2.50. The summed E-state index contributed by atoms with van der Waals surface area (Å²) in [6.45, 7) is 0. The number of nitrogens with zero attached hydrogens (tertiary/aromatic N) is 1. The molecule has 0 spiro atoms. The lowest BCUT2D eigenvalue weighted by Gasteiger charge is -2.12. The van der Waals surface area contributed by atoms with Crippen molar-refractivity contribution in [2.45, 2.75) is 0 Å². The van der Waals surface area contributed by atoms with Crippen molar-refractivity contribution in [2.24, 2.45) is 0 Å². The summed E-state index contributed by atoms with van der Waals surface area (Å²) in [6, 6.07) is 110. The van der Waals surface area contributed by atoms with Crippen molar-refractivity contribution in [1.29, 1.82) is 0 Å². The molecule has 3 heteroatoms. The third-order valence-electron chi connectivity index (χ3n) is 16.3. The van der Waals surface area contributed by atoms with E-state index in [-0.39, 0.29) is 0 Å². The van der Waals surface area contributed by atoms with Gasteiger partial charge in [-0.1, -0.05) is 224 Å². The first-order valence-electron chi connectivity index (χ1n) is 27.7. The molecule has 81 heavy (non-hydrogen) atoms. The number of fused-ring (bicyclic) bond motifs is 9. The second-order valence-corrected chi connectivity index (χ2v) is 23.2. The normalized spacial score (nSPS) is 11.7. The number of thiophene rings is 2. The third kappa shape index (κ3) is 8.12. The molecule has 0 unspecified atom stereocenters. The molecule has 3 aromatic heterocycles. The van der Waals surface area contributed by atoms with E-state index in [1.54, 1.807) is 0 Å². The smallest absolute Gasteiger partial charge is 0.0547 e. The van der Waals surface area contributed by atoms with Crippen molar-refractivity contribution in [2.75, 3.05) is 0 Å². The van der Waals surface area contributed by atoms with E-state index in [2.05, 4.69) is 302 Å². The Labute approximate surface area is 478 Å². The van der Waals surface area contributed by atoms with Crippen LogP contribution in [0.2, 0.25) is 0 Å².